The number of aromatic nitrogens is 1. The maximum absolute atomic E-state index is 12.3. The smallest absolute Gasteiger partial charge is 0.269 e. The highest BCUT2D eigenvalue weighted by atomic mass is 35.5. The molecular formula is C18H22Cl2N2O2. The van der Waals surface area contributed by atoms with Crippen LogP contribution in [0.25, 0.3) is 10.9 Å². The van der Waals surface area contributed by atoms with Crippen LogP contribution in [0.15, 0.2) is 18.2 Å². The molecule has 1 amide bonds. The van der Waals surface area contributed by atoms with Gasteiger partial charge in [0.1, 0.15) is 5.69 Å². The van der Waals surface area contributed by atoms with Crippen LogP contribution in [-0.4, -0.2) is 30.1 Å². The van der Waals surface area contributed by atoms with Crippen molar-refractivity contribution in [1.82, 2.24) is 10.3 Å². The predicted octanol–water partition coefficient (Wildman–Crippen LogP) is 4.94. The highest BCUT2D eigenvalue weighted by Crippen LogP contribution is 2.29. The van der Waals surface area contributed by atoms with E-state index in [9.17, 15) is 4.79 Å². The molecule has 1 aromatic carbocycles. The molecule has 130 valence electrons. The van der Waals surface area contributed by atoms with E-state index in [1.807, 2.05) is 6.07 Å². The number of hydrogen-bond donors (Lipinski definition) is 2. The Balaban J connectivity index is 1.47. The number of rotatable bonds is 6. The van der Waals surface area contributed by atoms with Gasteiger partial charge in [0, 0.05) is 29.1 Å². The van der Waals surface area contributed by atoms with Crippen molar-refractivity contribution in [2.45, 2.75) is 44.6 Å². The number of H-pyrrole nitrogens is 1. The first kappa shape index (κ1) is 17.6. The molecule has 0 unspecified atom stereocenters. The molecule has 24 heavy (non-hydrogen) atoms. The Hall–Kier alpha value is -1.23. The van der Waals surface area contributed by atoms with Crippen LogP contribution in [0.2, 0.25) is 10.0 Å². The fourth-order valence-electron chi connectivity index (χ4n) is 3.13. The van der Waals surface area contributed by atoms with Crippen LogP contribution >= 0.6 is 23.2 Å². The standard InChI is InChI=1S/C18H22Cl2N2O2/c19-12-7-8-15-14(11-12)16(20)17(22-15)18(23)21-9-4-10-24-13-5-2-1-3-6-13/h7-8,11,13,22H,1-6,9-10H2,(H,21,23). The average molecular weight is 369 g/mol. The molecule has 6 heteroatoms. The Morgan fingerprint density at radius 2 is 2.04 bits per heavy atom. The Bertz CT molecular complexity index is 708. The minimum absolute atomic E-state index is 0.204. The van der Waals surface area contributed by atoms with Crippen LogP contribution in [0.5, 0.6) is 0 Å². The normalized spacial score (nSPS) is 15.8. The number of hydrogen-bond acceptors (Lipinski definition) is 2. The van der Waals surface area contributed by atoms with Gasteiger partial charge in [0.15, 0.2) is 0 Å². The van der Waals surface area contributed by atoms with Crippen LogP contribution in [0.4, 0.5) is 0 Å². The lowest BCUT2D eigenvalue weighted by Crippen LogP contribution is -2.26. The molecule has 1 heterocycles. The summed E-state index contributed by atoms with van der Waals surface area (Å²) in [5.74, 6) is -0.204. The van der Waals surface area contributed by atoms with Gasteiger partial charge in [-0.2, -0.15) is 0 Å². The molecule has 0 saturated heterocycles. The zero-order valence-corrected chi connectivity index (χ0v) is 15.1. The summed E-state index contributed by atoms with van der Waals surface area (Å²) in [6.45, 7) is 1.25. The molecule has 3 rings (SSSR count). The number of nitrogens with one attached hydrogen (secondary N) is 2. The SMILES string of the molecule is O=C(NCCCOC1CCCCC1)c1[nH]c2ccc(Cl)cc2c1Cl. The molecule has 0 radical (unpaired) electrons. The van der Waals surface area contributed by atoms with Crippen LogP contribution < -0.4 is 5.32 Å². The predicted molar refractivity (Wildman–Crippen MR) is 98.1 cm³/mol. The lowest BCUT2D eigenvalue weighted by molar-refractivity contribution is 0.0273. The molecule has 2 aromatic rings. The summed E-state index contributed by atoms with van der Waals surface area (Å²) in [6.07, 6.45) is 7.40. The second kappa shape index (κ2) is 8.24. The highest BCUT2D eigenvalue weighted by Gasteiger charge is 2.17. The van der Waals surface area contributed by atoms with Crippen molar-refractivity contribution in [3.8, 4) is 0 Å². The summed E-state index contributed by atoms with van der Waals surface area (Å²) >= 11 is 12.3. The number of fused-ring (bicyclic) bond motifs is 1. The molecule has 1 aliphatic rings. The first-order valence-electron chi connectivity index (χ1n) is 8.51. The zero-order chi connectivity index (χ0) is 16.9. The lowest BCUT2D eigenvalue weighted by Gasteiger charge is -2.21. The zero-order valence-electron chi connectivity index (χ0n) is 13.5. The van der Waals surface area contributed by atoms with E-state index in [1.54, 1.807) is 12.1 Å². The second-order valence-corrected chi connectivity index (χ2v) is 7.06. The number of benzene rings is 1. The number of ether oxygens (including phenoxy) is 1. The van der Waals surface area contributed by atoms with Gasteiger partial charge in [0.2, 0.25) is 0 Å². The largest absolute Gasteiger partial charge is 0.378 e. The van der Waals surface area contributed by atoms with Crippen molar-refractivity contribution in [2.24, 2.45) is 0 Å². The lowest BCUT2D eigenvalue weighted by atomic mass is 9.98. The number of carbonyl (C=O) groups is 1. The number of aromatic amines is 1. The molecule has 1 aliphatic carbocycles. The molecular weight excluding hydrogens is 347 g/mol. The number of halogens is 2. The van der Waals surface area contributed by atoms with Gasteiger partial charge in [0.25, 0.3) is 5.91 Å². The van der Waals surface area contributed by atoms with Crippen molar-refractivity contribution in [3.05, 3.63) is 33.9 Å². The molecule has 0 atom stereocenters. The first-order chi connectivity index (χ1) is 11.6. The Labute approximate surface area is 151 Å². The van der Waals surface area contributed by atoms with E-state index in [0.29, 0.717) is 35.0 Å². The van der Waals surface area contributed by atoms with Crippen LogP contribution in [0, 0.1) is 0 Å². The maximum atomic E-state index is 12.3. The van der Waals surface area contributed by atoms with Crippen molar-refractivity contribution >= 4 is 40.0 Å². The molecule has 1 aromatic heterocycles. The van der Waals surface area contributed by atoms with Gasteiger partial charge in [-0.1, -0.05) is 42.5 Å². The summed E-state index contributed by atoms with van der Waals surface area (Å²) in [4.78, 5) is 15.3. The van der Waals surface area contributed by atoms with Crippen molar-refractivity contribution in [3.63, 3.8) is 0 Å². The molecule has 0 bridgehead atoms. The second-order valence-electron chi connectivity index (χ2n) is 6.24. The fourth-order valence-corrected chi connectivity index (χ4v) is 3.59. The average Bonchev–Trinajstić information content (AvgIpc) is 2.92. The van der Waals surface area contributed by atoms with Crippen molar-refractivity contribution in [2.75, 3.05) is 13.2 Å². The van der Waals surface area contributed by atoms with E-state index in [-0.39, 0.29) is 5.91 Å². The molecule has 2 N–H and O–H groups in total. The number of amides is 1. The summed E-state index contributed by atoms with van der Waals surface area (Å²) in [7, 11) is 0. The summed E-state index contributed by atoms with van der Waals surface area (Å²) in [6, 6.07) is 5.34. The van der Waals surface area contributed by atoms with Gasteiger partial charge in [-0.15, -0.1) is 0 Å². The third-order valence-electron chi connectivity index (χ3n) is 4.44. The fraction of sp³-hybridized carbons (Fsp3) is 0.500. The van der Waals surface area contributed by atoms with E-state index in [4.69, 9.17) is 27.9 Å². The monoisotopic (exact) mass is 368 g/mol. The molecule has 1 fully saturated rings. The molecule has 4 nitrogen and oxygen atoms in total. The van der Waals surface area contributed by atoms with E-state index >= 15 is 0 Å². The topological polar surface area (TPSA) is 54.1 Å². The first-order valence-corrected chi connectivity index (χ1v) is 9.27. The summed E-state index contributed by atoms with van der Waals surface area (Å²) in [5.41, 5.74) is 1.18. The minimum atomic E-state index is -0.204. The van der Waals surface area contributed by atoms with Crippen LogP contribution in [0.3, 0.4) is 0 Å². The van der Waals surface area contributed by atoms with E-state index in [0.717, 1.165) is 17.3 Å². The van der Waals surface area contributed by atoms with E-state index in [2.05, 4.69) is 10.3 Å². The molecule has 0 aliphatic heterocycles. The molecule has 1 saturated carbocycles. The van der Waals surface area contributed by atoms with Gasteiger partial charge in [-0.25, -0.2) is 0 Å². The van der Waals surface area contributed by atoms with Crippen molar-refractivity contribution in [1.29, 1.82) is 0 Å². The minimum Gasteiger partial charge on any atom is -0.378 e. The Morgan fingerprint density at radius 1 is 1.25 bits per heavy atom. The van der Waals surface area contributed by atoms with E-state index in [1.165, 1.54) is 32.1 Å². The number of carbonyl (C=O) groups excluding carboxylic acids is 1. The Kier molecular flexibility index (Phi) is 6.04. The maximum Gasteiger partial charge on any atom is 0.269 e. The van der Waals surface area contributed by atoms with Gasteiger partial charge in [-0.05, 0) is 37.5 Å². The third-order valence-corrected chi connectivity index (χ3v) is 5.06. The van der Waals surface area contributed by atoms with Gasteiger partial charge >= 0.3 is 0 Å². The third kappa shape index (κ3) is 4.24. The quantitative estimate of drug-likeness (QED) is 0.709. The van der Waals surface area contributed by atoms with Crippen LogP contribution in [0.1, 0.15) is 49.0 Å². The van der Waals surface area contributed by atoms with Crippen LogP contribution in [-0.2, 0) is 4.74 Å². The highest BCUT2D eigenvalue weighted by molar-refractivity contribution is 6.39. The van der Waals surface area contributed by atoms with E-state index < -0.39 is 0 Å². The van der Waals surface area contributed by atoms with Gasteiger partial charge in [0.05, 0.1) is 11.1 Å². The summed E-state index contributed by atoms with van der Waals surface area (Å²) in [5, 5.41) is 4.64. The van der Waals surface area contributed by atoms with Crippen molar-refractivity contribution < 1.29 is 9.53 Å². The molecule has 0 spiro atoms. The Morgan fingerprint density at radius 3 is 2.83 bits per heavy atom. The van der Waals surface area contributed by atoms with Gasteiger partial charge in [-0.3, -0.25) is 4.79 Å². The summed E-state index contributed by atoms with van der Waals surface area (Å²) < 4.78 is 5.86. The van der Waals surface area contributed by atoms with Gasteiger partial charge < -0.3 is 15.0 Å².